The van der Waals surface area contributed by atoms with E-state index in [0.717, 1.165) is 5.56 Å². The zero-order valence-corrected chi connectivity index (χ0v) is 13.9. The number of carbonyl (C=O) groups excluding carboxylic acids is 1. The number of benzene rings is 1. The Morgan fingerprint density at radius 3 is 2.84 bits per heavy atom. The second kappa shape index (κ2) is 6.94. The van der Waals surface area contributed by atoms with Crippen LogP contribution in [-0.4, -0.2) is 39.9 Å². The number of Topliss-reactive ketones (excluding diaryl/α,β-unsaturated/α-hetero) is 1. The van der Waals surface area contributed by atoms with E-state index in [0.29, 0.717) is 41.4 Å². The third kappa shape index (κ3) is 3.48. The van der Waals surface area contributed by atoms with Crippen LogP contribution >= 0.6 is 11.8 Å². The summed E-state index contributed by atoms with van der Waals surface area (Å²) in [7, 11) is 0. The molecule has 0 saturated carbocycles. The molecule has 4 rings (SSSR count). The Labute approximate surface area is 147 Å². The Hall–Kier alpha value is -2.87. The molecule has 1 aliphatic heterocycles. The molecule has 0 aliphatic carbocycles. The van der Waals surface area contributed by atoms with Crippen molar-refractivity contribution in [3.05, 3.63) is 48.3 Å². The van der Waals surface area contributed by atoms with Crippen molar-refractivity contribution in [1.82, 2.24) is 15.2 Å². The molecule has 1 aliphatic rings. The first kappa shape index (κ1) is 15.6. The highest BCUT2D eigenvalue weighted by Gasteiger charge is 2.16. The summed E-state index contributed by atoms with van der Waals surface area (Å²) in [5.41, 5.74) is 1.30. The lowest BCUT2D eigenvalue weighted by molar-refractivity contribution is 0.102. The lowest BCUT2D eigenvalue weighted by Crippen LogP contribution is -2.16. The van der Waals surface area contributed by atoms with Gasteiger partial charge in [-0.25, -0.2) is 0 Å². The Bertz CT molecular complexity index is 898. The van der Waals surface area contributed by atoms with Crippen molar-refractivity contribution in [2.24, 2.45) is 0 Å². The quantitative estimate of drug-likeness (QED) is 0.510. The fraction of sp³-hybridized carbons (Fsp3) is 0.176. The molecule has 1 aromatic carbocycles. The van der Waals surface area contributed by atoms with Crippen molar-refractivity contribution in [2.45, 2.75) is 5.22 Å². The van der Waals surface area contributed by atoms with E-state index in [4.69, 9.17) is 13.9 Å². The lowest BCUT2D eigenvalue weighted by atomic mass is 10.1. The highest BCUT2D eigenvalue weighted by molar-refractivity contribution is 7.99. The lowest BCUT2D eigenvalue weighted by Gasteiger charge is -2.18. The molecular formula is C17H13N3O4S. The number of hydrogen-bond donors (Lipinski definition) is 0. The molecular weight excluding hydrogens is 342 g/mol. The van der Waals surface area contributed by atoms with Crippen LogP contribution < -0.4 is 9.47 Å². The van der Waals surface area contributed by atoms with Crippen LogP contribution in [0.15, 0.2) is 52.4 Å². The van der Waals surface area contributed by atoms with Crippen LogP contribution in [0.2, 0.25) is 0 Å². The van der Waals surface area contributed by atoms with Crippen molar-refractivity contribution >= 4 is 17.5 Å². The molecule has 0 amide bonds. The summed E-state index contributed by atoms with van der Waals surface area (Å²) in [4.78, 5) is 16.4. The molecule has 0 spiro atoms. The largest absolute Gasteiger partial charge is 0.486 e. The number of fused-ring (bicyclic) bond motifs is 1. The fourth-order valence-corrected chi connectivity index (χ4v) is 2.96. The van der Waals surface area contributed by atoms with Crippen LogP contribution in [0.4, 0.5) is 0 Å². The van der Waals surface area contributed by atoms with Crippen molar-refractivity contribution < 1.29 is 18.7 Å². The number of aromatic nitrogens is 3. The molecule has 2 aromatic heterocycles. The minimum absolute atomic E-state index is 0.0527. The number of thioether (sulfide) groups is 1. The number of hydrogen-bond acceptors (Lipinski definition) is 8. The van der Waals surface area contributed by atoms with E-state index < -0.39 is 0 Å². The molecule has 0 atom stereocenters. The summed E-state index contributed by atoms with van der Waals surface area (Å²) in [5.74, 6) is 1.77. The number of ketones is 1. The van der Waals surface area contributed by atoms with Crippen LogP contribution in [0.1, 0.15) is 10.4 Å². The average molecular weight is 355 g/mol. The Morgan fingerprint density at radius 2 is 2.00 bits per heavy atom. The topological polar surface area (TPSA) is 87.3 Å². The maximum atomic E-state index is 12.4. The van der Waals surface area contributed by atoms with Gasteiger partial charge in [0.05, 0.1) is 11.3 Å². The van der Waals surface area contributed by atoms with Gasteiger partial charge in [-0.3, -0.25) is 9.78 Å². The van der Waals surface area contributed by atoms with E-state index in [1.54, 1.807) is 36.7 Å². The number of rotatable bonds is 5. The first-order valence-electron chi connectivity index (χ1n) is 7.59. The van der Waals surface area contributed by atoms with Crippen molar-refractivity contribution in [3.8, 4) is 23.0 Å². The SMILES string of the molecule is O=C(CSc1nnc(-c2cccnc2)o1)c1ccc2c(c1)OCCO2. The first-order chi connectivity index (χ1) is 12.3. The van der Waals surface area contributed by atoms with Gasteiger partial charge in [-0.15, -0.1) is 10.2 Å². The molecule has 0 bridgehead atoms. The molecule has 3 heterocycles. The minimum Gasteiger partial charge on any atom is -0.486 e. The second-order valence-electron chi connectivity index (χ2n) is 5.19. The Kier molecular flexibility index (Phi) is 4.34. The molecule has 0 radical (unpaired) electrons. The summed E-state index contributed by atoms with van der Waals surface area (Å²) in [6.07, 6.45) is 3.31. The van der Waals surface area contributed by atoms with Crippen LogP contribution in [0.5, 0.6) is 11.5 Å². The minimum atomic E-state index is -0.0527. The molecule has 0 N–H and O–H groups in total. The van der Waals surface area contributed by atoms with E-state index in [9.17, 15) is 4.79 Å². The van der Waals surface area contributed by atoms with Crippen LogP contribution in [0.3, 0.4) is 0 Å². The summed E-state index contributed by atoms with van der Waals surface area (Å²) in [6, 6.07) is 8.80. The van der Waals surface area contributed by atoms with Gasteiger partial charge in [0.1, 0.15) is 13.2 Å². The highest BCUT2D eigenvalue weighted by Crippen LogP contribution is 2.31. The van der Waals surface area contributed by atoms with Crippen molar-refractivity contribution in [1.29, 1.82) is 0 Å². The third-order valence-corrected chi connectivity index (χ3v) is 4.32. The van der Waals surface area contributed by atoms with Gasteiger partial charge in [0.25, 0.3) is 5.22 Å². The molecule has 3 aromatic rings. The predicted molar refractivity (Wildman–Crippen MR) is 90.0 cm³/mol. The van der Waals surface area contributed by atoms with Gasteiger partial charge in [-0.05, 0) is 30.3 Å². The van der Waals surface area contributed by atoms with E-state index in [1.807, 2.05) is 6.07 Å². The maximum Gasteiger partial charge on any atom is 0.277 e. The smallest absolute Gasteiger partial charge is 0.277 e. The number of pyridine rings is 1. The predicted octanol–water partition coefficient (Wildman–Crippen LogP) is 2.88. The highest BCUT2D eigenvalue weighted by atomic mass is 32.2. The molecule has 8 heteroatoms. The van der Waals surface area contributed by atoms with Crippen LogP contribution in [-0.2, 0) is 0 Å². The maximum absolute atomic E-state index is 12.4. The molecule has 0 fully saturated rings. The number of nitrogens with zero attached hydrogens (tertiary/aromatic N) is 3. The zero-order chi connectivity index (χ0) is 17.1. The third-order valence-electron chi connectivity index (χ3n) is 3.51. The van der Waals surface area contributed by atoms with Gasteiger partial charge in [-0.1, -0.05) is 11.8 Å². The summed E-state index contributed by atoms with van der Waals surface area (Å²) < 4.78 is 16.5. The van der Waals surface area contributed by atoms with Gasteiger partial charge >= 0.3 is 0 Å². The normalized spacial score (nSPS) is 12.8. The van der Waals surface area contributed by atoms with E-state index in [-0.39, 0.29) is 11.5 Å². The number of ether oxygens (including phenoxy) is 2. The number of carbonyl (C=O) groups is 1. The van der Waals surface area contributed by atoms with Crippen molar-refractivity contribution in [2.75, 3.05) is 19.0 Å². The van der Waals surface area contributed by atoms with E-state index in [2.05, 4.69) is 15.2 Å². The standard InChI is InChI=1S/C17H13N3O4S/c21-13(11-3-4-14-15(8-11)23-7-6-22-14)10-25-17-20-19-16(24-17)12-2-1-5-18-9-12/h1-5,8-9H,6-7,10H2. The van der Waals surface area contributed by atoms with Crippen molar-refractivity contribution in [3.63, 3.8) is 0 Å². The summed E-state index contributed by atoms with van der Waals surface area (Å²) in [5, 5.41) is 8.26. The molecule has 7 nitrogen and oxygen atoms in total. The first-order valence-corrected chi connectivity index (χ1v) is 8.58. The van der Waals surface area contributed by atoms with E-state index in [1.165, 1.54) is 11.8 Å². The van der Waals surface area contributed by atoms with Crippen LogP contribution in [0, 0.1) is 0 Å². The monoisotopic (exact) mass is 355 g/mol. The molecule has 0 unspecified atom stereocenters. The Balaban J connectivity index is 1.41. The summed E-state index contributed by atoms with van der Waals surface area (Å²) in [6.45, 7) is 1.01. The second-order valence-corrected chi connectivity index (χ2v) is 6.11. The van der Waals surface area contributed by atoms with Gasteiger partial charge in [0.2, 0.25) is 5.89 Å². The van der Waals surface area contributed by atoms with E-state index >= 15 is 0 Å². The van der Waals surface area contributed by atoms with Gasteiger partial charge in [0.15, 0.2) is 17.3 Å². The van der Waals surface area contributed by atoms with Gasteiger partial charge in [-0.2, -0.15) is 0 Å². The van der Waals surface area contributed by atoms with Crippen LogP contribution in [0.25, 0.3) is 11.5 Å². The van der Waals surface area contributed by atoms with Gasteiger partial charge < -0.3 is 13.9 Å². The summed E-state index contributed by atoms with van der Waals surface area (Å²) >= 11 is 1.19. The average Bonchev–Trinajstić information content (AvgIpc) is 3.15. The molecule has 25 heavy (non-hydrogen) atoms. The molecule has 0 saturated heterocycles. The fourth-order valence-electron chi connectivity index (χ4n) is 2.30. The molecule has 126 valence electrons. The van der Waals surface area contributed by atoms with Gasteiger partial charge in [0, 0.05) is 18.0 Å². The zero-order valence-electron chi connectivity index (χ0n) is 13.0. The Morgan fingerprint density at radius 1 is 1.12 bits per heavy atom.